The average molecular weight is 881 g/mol. The molecule has 6 atom stereocenters. The van der Waals surface area contributed by atoms with Gasteiger partial charge >= 0.3 is 18.0 Å². The number of esters is 1. The van der Waals surface area contributed by atoms with Crippen molar-refractivity contribution in [1.82, 2.24) is 20.5 Å². The number of carbonyl (C=O) groups is 5. The summed E-state index contributed by atoms with van der Waals surface area (Å²) in [4.78, 5) is 73.4. The molecule has 0 saturated heterocycles. The van der Waals surface area contributed by atoms with Crippen molar-refractivity contribution in [2.24, 2.45) is 23.2 Å². The number of carboxylic acid groups (broad SMARTS) is 1. The lowest BCUT2D eigenvalue weighted by Crippen LogP contribution is -2.54. The molecule has 12 nitrogen and oxygen atoms in total. The Kier molecular flexibility index (Phi) is 16.7. The van der Waals surface area contributed by atoms with Gasteiger partial charge in [0.25, 0.3) is 5.91 Å². The Morgan fingerprint density at radius 1 is 0.857 bits per heavy atom. The number of ether oxygens (including phenoxy) is 2. The van der Waals surface area contributed by atoms with Gasteiger partial charge in [-0.2, -0.15) is 0 Å². The van der Waals surface area contributed by atoms with Crippen LogP contribution in [0.1, 0.15) is 125 Å². The standard InChI is InChI=1S/C50H64N4O8S/c1-10-31(4)44(53-49(60)61-28-39-37-22-16-14-20-35(37)36-21-15-17-23-38(36)39)47(57)54(9)41(30(2)3)26-42(62-43(55)27-50(6,7)8)46-52-40(29-63-46)45(56)51-34(24-32(5)48(58)59)25-33-18-12-11-13-19-33/h11-23,29-32,34,39,41-42,44H,10,24-28H2,1-9H3,(H,51,56)(H,53,60)(H,58,59)/t31-,32?,34?,41+,42+,44-/m0/s1. The van der Waals surface area contributed by atoms with Crippen molar-refractivity contribution in [3.05, 3.63) is 112 Å². The van der Waals surface area contributed by atoms with Crippen molar-refractivity contribution in [2.75, 3.05) is 13.7 Å². The van der Waals surface area contributed by atoms with Gasteiger partial charge in [-0.15, -0.1) is 11.3 Å². The van der Waals surface area contributed by atoms with Gasteiger partial charge in [-0.3, -0.25) is 19.2 Å². The number of carboxylic acids is 1. The van der Waals surface area contributed by atoms with Crippen LogP contribution in [0.3, 0.4) is 0 Å². The molecule has 0 bridgehead atoms. The molecular weight excluding hydrogens is 817 g/mol. The molecule has 0 saturated carbocycles. The SMILES string of the molecule is CC[C@H](C)[C@H](NC(=O)OCC1c2ccccc2-c2ccccc21)C(=O)N(C)[C@H](C[C@@H](OC(=O)CC(C)(C)C)c1nc(C(=O)NC(Cc2ccccc2)CC(C)C(=O)O)cs1)C(C)C. The maximum absolute atomic E-state index is 14.5. The van der Waals surface area contributed by atoms with E-state index in [0.717, 1.165) is 27.8 Å². The number of fused-ring (bicyclic) bond motifs is 3. The molecule has 3 N–H and O–H groups in total. The lowest BCUT2D eigenvalue weighted by atomic mass is 9.92. The van der Waals surface area contributed by atoms with Crippen LogP contribution < -0.4 is 10.6 Å². The topological polar surface area (TPSA) is 164 Å². The van der Waals surface area contributed by atoms with Crippen LogP contribution in [0.5, 0.6) is 0 Å². The highest BCUT2D eigenvalue weighted by molar-refractivity contribution is 7.09. The van der Waals surface area contributed by atoms with Crippen LogP contribution in [-0.4, -0.2) is 76.6 Å². The van der Waals surface area contributed by atoms with E-state index in [1.807, 2.05) is 103 Å². The zero-order valence-corrected chi connectivity index (χ0v) is 38.9. The molecule has 0 spiro atoms. The highest BCUT2D eigenvalue weighted by Crippen LogP contribution is 2.44. The number of alkyl carbamates (subject to hydrolysis) is 1. The van der Waals surface area contributed by atoms with Crippen LogP contribution in [0, 0.1) is 23.2 Å². The molecule has 1 aromatic heterocycles. The maximum Gasteiger partial charge on any atom is 0.407 e. The minimum Gasteiger partial charge on any atom is -0.481 e. The van der Waals surface area contributed by atoms with E-state index < -0.39 is 54.1 Å². The third kappa shape index (κ3) is 13.0. The molecule has 1 aliphatic carbocycles. The summed E-state index contributed by atoms with van der Waals surface area (Å²) >= 11 is 1.18. The van der Waals surface area contributed by atoms with E-state index in [9.17, 15) is 29.1 Å². The van der Waals surface area contributed by atoms with Gasteiger partial charge < -0.3 is 30.1 Å². The molecule has 338 valence electrons. The molecule has 0 fully saturated rings. The van der Waals surface area contributed by atoms with Crippen molar-refractivity contribution >= 4 is 41.2 Å². The Hall–Kier alpha value is -5.56. The molecule has 0 radical (unpaired) electrons. The van der Waals surface area contributed by atoms with Crippen molar-refractivity contribution < 1.29 is 38.6 Å². The van der Waals surface area contributed by atoms with E-state index in [0.29, 0.717) is 17.8 Å². The molecule has 2 unspecified atom stereocenters. The van der Waals surface area contributed by atoms with Crippen LogP contribution in [0.15, 0.2) is 84.2 Å². The molecule has 3 aromatic carbocycles. The number of nitrogens with one attached hydrogen (secondary N) is 2. The fourth-order valence-electron chi connectivity index (χ4n) is 8.18. The van der Waals surface area contributed by atoms with E-state index in [4.69, 9.17) is 9.47 Å². The third-order valence-electron chi connectivity index (χ3n) is 11.9. The van der Waals surface area contributed by atoms with E-state index in [1.54, 1.807) is 24.3 Å². The maximum atomic E-state index is 14.5. The van der Waals surface area contributed by atoms with Crippen molar-refractivity contribution in [3.63, 3.8) is 0 Å². The molecule has 5 rings (SSSR count). The zero-order valence-electron chi connectivity index (χ0n) is 38.1. The molecule has 0 aliphatic heterocycles. The number of likely N-dealkylation sites (N-methyl/N-ethyl adjacent to an activating group) is 1. The smallest absolute Gasteiger partial charge is 0.407 e. The van der Waals surface area contributed by atoms with Gasteiger partial charge in [0.1, 0.15) is 23.4 Å². The lowest BCUT2D eigenvalue weighted by molar-refractivity contribution is -0.153. The minimum absolute atomic E-state index is 0.107. The third-order valence-corrected chi connectivity index (χ3v) is 12.8. The second-order valence-corrected chi connectivity index (χ2v) is 19.3. The molecule has 1 heterocycles. The first kappa shape index (κ1) is 48.5. The summed E-state index contributed by atoms with van der Waals surface area (Å²) < 4.78 is 12.0. The first-order valence-corrected chi connectivity index (χ1v) is 22.8. The average Bonchev–Trinajstić information content (AvgIpc) is 3.86. The molecular formula is C50H64N4O8S. The molecule has 63 heavy (non-hydrogen) atoms. The monoisotopic (exact) mass is 880 g/mol. The fourth-order valence-corrected chi connectivity index (χ4v) is 9.02. The number of nitrogens with zero attached hydrogens (tertiary/aromatic N) is 2. The second-order valence-electron chi connectivity index (χ2n) is 18.5. The minimum atomic E-state index is -0.954. The van der Waals surface area contributed by atoms with Gasteiger partial charge in [0.2, 0.25) is 5.91 Å². The summed E-state index contributed by atoms with van der Waals surface area (Å²) in [5.74, 6) is -3.37. The van der Waals surface area contributed by atoms with Gasteiger partial charge in [-0.05, 0) is 57.9 Å². The Morgan fingerprint density at radius 2 is 1.46 bits per heavy atom. The Balaban J connectivity index is 1.33. The van der Waals surface area contributed by atoms with E-state index in [2.05, 4.69) is 39.9 Å². The number of aliphatic carboxylic acids is 1. The van der Waals surface area contributed by atoms with Gasteiger partial charge in [0.05, 0.1) is 12.3 Å². The second kappa shape index (κ2) is 21.7. The first-order chi connectivity index (χ1) is 29.9. The Bertz CT molecular complexity index is 2160. The molecule has 13 heteroatoms. The highest BCUT2D eigenvalue weighted by atomic mass is 32.1. The number of aromatic nitrogens is 1. The van der Waals surface area contributed by atoms with Crippen LogP contribution >= 0.6 is 11.3 Å². The van der Waals surface area contributed by atoms with Gasteiger partial charge in [0.15, 0.2) is 6.10 Å². The quantitative estimate of drug-likeness (QED) is 0.0734. The van der Waals surface area contributed by atoms with E-state index >= 15 is 0 Å². The molecule has 4 aromatic rings. The summed E-state index contributed by atoms with van der Waals surface area (Å²) in [6.07, 6.45) is -0.0300. The Labute approximate surface area is 376 Å². The van der Waals surface area contributed by atoms with Crippen molar-refractivity contribution in [1.29, 1.82) is 0 Å². The fraction of sp³-hybridized carbons (Fsp3) is 0.480. The van der Waals surface area contributed by atoms with Gasteiger partial charge in [0, 0.05) is 36.9 Å². The number of rotatable bonds is 20. The van der Waals surface area contributed by atoms with E-state index in [1.165, 1.54) is 11.3 Å². The number of hydrogen-bond donors (Lipinski definition) is 3. The first-order valence-electron chi connectivity index (χ1n) is 22.0. The summed E-state index contributed by atoms with van der Waals surface area (Å²) in [5.41, 5.74) is 5.11. The number of thiazole rings is 1. The lowest BCUT2D eigenvalue weighted by Gasteiger charge is -2.37. The number of carbonyl (C=O) groups excluding carboxylic acids is 4. The summed E-state index contributed by atoms with van der Waals surface area (Å²) in [6.45, 7) is 15.4. The van der Waals surface area contributed by atoms with Crippen LogP contribution in [0.4, 0.5) is 4.79 Å². The van der Waals surface area contributed by atoms with Gasteiger partial charge in [-0.25, -0.2) is 9.78 Å². The highest BCUT2D eigenvalue weighted by Gasteiger charge is 2.37. The normalized spacial score (nSPS) is 15.2. The van der Waals surface area contributed by atoms with Crippen molar-refractivity contribution in [2.45, 2.75) is 118 Å². The summed E-state index contributed by atoms with van der Waals surface area (Å²) in [6, 6.07) is 23.9. The predicted octanol–water partition coefficient (Wildman–Crippen LogP) is 9.44. The van der Waals surface area contributed by atoms with Gasteiger partial charge in [-0.1, -0.05) is 141 Å². The molecule has 3 amide bonds. The van der Waals surface area contributed by atoms with Crippen molar-refractivity contribution in [3.8, 4) is 11.1 Å². The summed E-state index contributed by atoms with van der Waals surface area (Å²) in [7, 11) is 1.70. The van der Waals surface area contributed by atoms with Crippen LogP contribution in [0.2, 0.25) is 0 Å². The van der Waals surface area contributed by atoms with Crippen LogP contribution in [-0.2, 0) is 30.3 Å². The summed E-state index contributed by atoms with van der Waals surface area (Å²) in [5, 5.41) is 17.5. The zero-order chi connectivity index (χ0) is 46.0. The Morgan fingerprint density at radius 3 is 2.03 bits per heavy atom. The van der Waals surface area contributed by atoms with Crippen LogP contribution in [0.25, 0.3) is 11.1 Å². The predicted molar refractivity (Wildman–Crippen MR) is 245 cm³/mol. The van der Waals surface area contributed by atoms with E-state index in [-0.39, 0.29) is 60.6 Å². The molecule has 1 aliphatic rings. The number of hydrogen-bond acceptors (Lipinski definition) is 9. The largest absolute Gasteiger partial charge is 0.481 e. The number of benzene rings is 3. The number of amides is 3.